The second kappa shape index (κ2) is 5.49. The predicted octanol–water partition coefficient (Wildman–Crippen LogP) is 1.88. The molecule has 0 amide bonds. The highest BCUT2D eigenvalue weighted by molar-refractivity contribution is 9.10. The van der Waals surface area contributed by atoms with Gasteiger partial charge in [0.2, 0.25) is 0 Å². The van der Waals surface area contributed by atoms with Crippen LogP contribution in [0.4, 0.5) is 0 Å². The van der Waals surface area contributed by atoms with E-state index in [2.05, 4.69) is 15.9 Å². The Morgan fingerprint density at radius 1 is 1.53 bits per heavy atom. The molecule has 0 aliphatic rings. The smallest absolute Gasteiger partial charge is 0.122 e. The molecule has 0 saturated carbocycles. The second-order valence-electron chi connectivity index (χ2n) is 3.48. The van der Waals surface area contributed by atoms with Gasteiger partial charge in [0.05, 0.1) is 13.2 Å². The van der Waals surface area contributed by atoms with Crippen molar-refractivity contribution in [1.82, 2.24) is 0 Å². The van der Waals surface area contributed by atoms with Crippen LogP contribution >= 0.6 is 15.9 Å². The first-order valence-corrected chi connectivity index (χ1v) is 5.61. The summed E-state index contributed by atoms with van der Waals surface area (Å²) < 4.78 is 6.21. The van der Waals surface area contributed by atoms with Crippen molar-refractivity contribution in [3.8, 4) is 5.75 Å². The molecule has 84 valence electrons. The number of halogens is 1. The highest BCUT2D eigenvalue weighted by atomic mass is 79.9. The summed E-state index contributed by atoms with van der Waals surface area (Å²) >= 11 is 3.40. The van der Waals surface area contributed by atoms with Crippen LogP contribution in [0.5, 0.6) is 5.75 Å². The summed E-state index contributed by atoms with van der Waals surface area (Å²) in [4.78, 5) is 0. The van der Waals surface area contributed by atoms with E-state index in [4.69, 9.17) is 10.5 Å². The summed E-state index contributed by atoms with van der Waals surface area (Å²) in [6.45, 7) is 2.18. The zero-order valence-corrected chi connectivity index (χ0v) is 10.5. The summed E-state index contributed by atoms with van der Waals surface area (Å²) in [6, 6.07) is 5.73. The molecule has 2 unspecified atom stereocenters. The van der Waals surface area contributed by atoms with E-state index in [1.54, 1.807) is 7.11 Å². The van der Waals surface area contributed by atoms with E-state index in [1.165, 1.54) is 0 Å². The van der Waals surface area contributed by atoms with Gasteiger partial charge in [0, 0.05) is 22.5 Å². The number of hydrogen-bond donors (Lipinski definition) is 2. The minimum absolute atomic E-state index is 0.0394. The van der Waals surface area contributed by atoms with Gasteiger partial charge < -0.3 is 15.6 Å². The van der Waals surface area contributed by atoms with Gasteiger partial charge >= 0.3 is 0 Å². The number of hydrogen-bond acceptors (Lipinski definition) is 3. The third kappa shape index (κ3) is 2.93. The van der Waals surface area contributed by atoms with Crippen LogP contribution in [-0.4, -0.2) is 24.9 Å². The molecule has 1 aromatic rings. The van der Waals surface area contributed by atoms with Crippen molar-refractivity contribution in [1.29, 1.82) is 0 Å². The third-order valence-electron chi connectivity index (χ3n) is 2.50. The van der Waals surface area contributed by atoms with E-state index in [0.29, 0.717) is 0 Å². The van der Waals surface area contributed by atoms with E-state index < -0.39 is 6.10 Å². The van der Waals surface area contributed by atoms with E-state index in [-0.39, 0.29) is 12.5 Å². The molecule has 0 saturated heterocycles. The monoisotopic (exact) mass is 273 g/mol. The Balaban J connectivity index is 3.05. The van der Waals surface area contributed by atoms with Crippen LogP contribution in [0.3, 0.4) is 0 Å². The number of aliphatic hydroxyl groups excluding tert-OH is 1. The second-order valence-corrected chi connectivity index (χ2v) is 4.39. The van der Waals surface area contributed by atoms with Crippen LogP contribution in [0, 0.1) is 0 Å². The number of benzene rings is 1. The molecule has 0 spiro atoms. The van der Waals surface area contributed by atoms with Crippen molar-refractivity contribution in [3.05, 3.63) is 28.2 Å². The van der Waals surface area contributed by atoms with Gasteiger partial charge in [0.25, 0.3) is 0 Å². The van der Waals surface area contributed by atoms with Crippen molar-refractivity contribution in [2.45, 2.75) is 18.9 Å². The number of aliphatic hydroxyl groups is 1. The molecule has 1 aromatic carbocycles. The summed E-state index contributed by atoms with van der Waals surface area (Å²) in [5.41, 5.74) is 6.40. The van der Waals surface area contributed by atoms with Crippen LogP contribution in [-0.2, 0) is 0 Å². The Hall–Kier alpha value is -0.580. The lowest BCUT2D eigenvalue weighted by atomic mass is 9.94. The van der Waals surface area contributed by atoms with Crippen molar-refractivity contribution in [3.63, 3.8) is 0 Å². The van der Waals surface area contributed by atoms with Crippen molar-refractivity contribution < 1.29 is 9.84 Å². The van der Waals surface area contributed by atoms with E-state index in [1.807, 2.05) is 25.1 Å². The van der Waals surface area contributed by atoms with Crippen LogP contribution in [0.1, 0.15) is 18.4 Å². The molecule has 0 heterocycles. The summed E-state index contributed by atoms with van der Waals surface area (Å²) in [6.07, 6.45) is -0.548. The Bertz CT molecular complexity index is 330. The Labute approximate surface area is 98.4 Å². The van der Waals surface area contributed by atoms with Gasteiger partial charge in [-0.1, -0.05) is 22.9 Å². The molecule has 2 atom stereocenters. The van der Waals surface area contributed by atoms with Crippen LogP contribution in [0.25, 0.3) is 0 Å². The molecular formula is C11H16BrNO2. The summed E-state index contributed by atoms with van der Waals surface area (Å²) in [5.74, 6) is 0.737. The quantitative estimate of drug-likeness (QED) is 0.881. The fourth-order valence-corrected chi connectivity index (χ4v) is 1.85. The molecule has 4 heteroatoms. The number of nitrogens with two attached hydrogens (primary N) is 1. The van der Waals surface area contributed by atoms with Gasteiger partial charge in [-0.3, -0.25) is 0 Å². The summed E-state index contributed by atoms with van der Waals surface area (Å²) in [5, 5.41) is 9.69. The average molecular weight is 274 g/mol. The highest BCUT2D eigenvalue weighted by Gasteiger charge is 2.18. The SMILES string of the molecule is COc1ccc(Br)cc1C(C)C(O)CN. The molecule has 0 bridgehead atoms. The lowest BCUT2D eigenvalue weighted by Crippen LogP contribution is -2.25. The molecule has 0 radical (unpaired) electrons. The maximum atomic E-state index is 9.69. The lowest BCUT2D eigenvalue weighted by Gasteiger charge is -2.20. The number of rotatable bonds is 4. The molecular weight excluding hydrogens is 258 g/mol. The average Bonchev–Trinajstić information content (AvgIpc) is 2.27. The molecule has 1 rings (SSSR count). The first kappa shape index (κ1) is 12.5. The van der Waals surface area contributed by atoms with Crippen molar-refractivity contribution in [2.24, 2.45) is 5.73 Å². The highest BCUT2D eigenvalue weighted by Crippen LogP contribution is 2.31. The predicted molar refractivity (Wildman–Crippen MR) is 64.2 cm³/mol. The molecule has 3 N–H and O–H groups in total. The van der Waals surface area contributed by atoms with E-state index in [9.17, 15) is 5.11 Å². The zero-order chi connectivity index (χ0) is 11.4. The molecule has 0 aliphatic carbocycles. The third-order valence-corrected chi connectivity index (χ3v) is 2.99. The van der Waals surface area contributed by atoms with Crippen molar-refractivity contribution >= 4 is 15.9 Å². The zero-order valence-electron chi connectivity index (χ0n) is 8.90. The molecule has 3 nitrogen and oxygen atoms in total. The molecule has 0 aliphatic heterocycles. The van der Waals surface area contributed by atoms with Gasteiger partial charge in [-0.05, 0) is 18.2 Å². The topological polar surface area (TPSA) is 55.5 Å². The van der Waals surface area contributed by atoms with E-state index >= 15 is 0 Å². The van der Waals surface area contributed by atoms with Crippen molar-refractivity contribution in [2.75, 3.05) is 13.7 Å². The van der Waals surface area contributed by atoms with Crippen LogP contribution < -0.4 is 10.5 Å². The van der Waals surface area contributed by atoms with Crippen LogP contribution in [0.15, 0.2) is 22.7 Å². The molecule has 0 fully saturated rings. The number of methoxy groups -OCH3 is 1. The van der Waals surface area contributed by atoms with E-state index in [0.717, 1.165) is 15.8 Å². The molecule has 15 heavy (non-hydrogen) atoms. The largest absolute Gasteiger partial charge is 0.496 e. The normalized spacial score (nSPS) is 14.7. The lowest BCUT2D eigenvalue weighted by molar-refractivity contribution is 0.156. The maximum Gasteiger partial charge on any atom is 0.122 e. The van der Waals surface area contributed by atoms with Gasteiger partial charge in [-0.25, -0.2) is 0 Å². The van der Waals surface area contributed by atoms with Gasteiger partial charge in [-0.15, -0.1) is 0 Å². The standard InChI is InChI=1S/C11H16BrNO2/c1-7(10(14)6-13)9-5-8(12)3-4-11(9)15-2/h3-5,7,10,14H,6,13H2,1-2H3. The minimum atomic E-state index is -0.548. The fraction of sp³-hybridized carbons (Fsp3) is 0.455. The maximum absolute atomic E-state index is 9.69. The van der Waals surface area contributed by atoms with Crippen LogP contribution in [0.2, 0.25) is 0 Å². The number of ether oxygens (including phenoxy) is 1. The Kier molecular flexibility index (Phi) is 4.57. The molecule has 0 aromatic heterocycles. The first-order chi connectivity index (χ1) is 7.10. The Morgan fingerprint density at radius 3 is 2.73 bits per heavy atom. The minimum Gasteiger partial charge on any atom is -0.496 e. The van der Waals surface area contributed by atoms with Gasteiger partial charge in [0.1, 0.15) is 5.75 Å². The van der Waals surface area contributed by atoms with Gasteiger partial charge in [0.15, 0.2) is 0 Å². The Morgan fingerprint density at radius 2 is 2.20 bits per heavy atom. The van der Waals surface area contributed by atoms with Gasteiger partial charge in [-0.2, -0.15) is 0 Å². The first-order valence-electron chi connectivity index (χ1n) is 4.81. The fourth-order valence-electron chi connectivity index (χ4n) is 1.47. The summed E-state index contributed by atoms with van der Waals surface area (Å²) in [7, 11) is 1.62.